The number of nitrogens with zero attached hydrogens (tertiary/aromatic N) is 2. The molecule has 0 radical (unpaired) electrons. The van der Waals surface area contributed by atoms with Crippen LogP contribution in [0.3, 0.4) is 0 Å². The first-order chi connectivity index (χ1) is 17.8. The van der Waals surface area contributed by atoms with Crippen LogP contribution in [0.15, 0.2) is 71.7 Å². The first-order valence-electron chi connectivity index (χ1n) is 12.2. The predicted octanol–water partition coefficient (Wildman–Crippen LogP) is 5.08. The summed E-state index contributed by atoms with van der Waals surface area (Å²) in [7, 11) is 4.01. The van der Waals surface area contributed by atoms with Crippen molar-refractivity contribution in [2.24, 2.45) is 4.99 Å². The number of fused-ring (bicyclic) bond motifs is 1. The van der Waals surface area contributed by atoms with E-state index in [1.54, 1.807) is 25.1 Å². The van der Waals surface area contributed by atoms with Crippen LogP contribution in [0.25, 0.3) is 0 Å². The maximum Gasteiger partial charge on any atom is 0.309 e. The maximum atomic E-state index is 13.9. The molecule has 8 heteroatoms. The number of hydrogen-bond acceptors (Lipinski definition) is 6. The van der Waals surface area contributed by atoms with E-state index in [2.05, 4.69) is 10.2 Å². The van der Waals surface area contributed by atoms with Crippen LogP contribution >= 0.6 is 0 Å². The van der Waals surface area contributed by atoms with Gasteiger partial charge in [0.05, 0.1) is 31.0 Å². The summed E-state index contributed by atoms with van der Waals surface area (Å²) < 4.78 is 24.6. The molecule has 0 saturated carbocycles. The van der Waals surface area contributed by atoms with E-state index in [0.29, 0.717) is 40.6 Å². The third-order valence-electron chi connectivity index (χ3n) is 5.81. The Morgan fingerprint density at radius 2 is 1.86 bits per heavy atom. The molecular weight excluding hydrogens is 473 g/mol. The average Bonchev–Trinajstić information content (AvgIpc) is 3.18. The molecule has 1 aliphatic rings. The lowest BCUT2D eigenvalue weighted by Crippen LogP contribution is -2.22. The van der Waals surface area contributed by atoms with Crippen molar-refractivity contribution in [3.05, 3.63) is 89.2 Å². The number of nitrogens with one attached hydrogen (secondary N) is 1. The standard InChI is InChI=1S/C29H30FN3O4/c1-4-36-26(34)14-15-37-23-7-5-6-20(16-23)28(31-22-11-8-19(9-12-22)18-33(2)3)27-24-13-10-21(30)17-25(24)32-29(27)35/h5-13,16-17,27H,4,14-15,18H2,1-3H3,(H,32,35). The van der Waals surface area contributed by atoms with Gasteiger partial charge in [0.1, 0.15) is 17.5 Å². The fraction of sp³-hybridized carbons (Fsp3) is 0.276. The second kappa shape index (κ2) is 11.8. The van der Waals surface area contributed by atoms with E-state index in [9.17, 15) is 14.0 Å². The molecule has 1 unspecified atom stereocenters. The number of aliphatic imine (C=N–C) groups is 1. The Bertz CT molecular complexity index is 1300. The molecule has 0 fully saturated rings. The Labute approximate surface area is 215 Å². The van der Waals surface area contributed by atoms with Crippen LogP contribution in [0.2, 0.25) is 0 Å². The van der Waals surface area contributed by atoms with Crippen LogP contribution in [-0.4, -0.2) is 49.8 Å². The Balaban J connectivity index is 1.69. The van der Waals surface area contributed by atoms with Gasteiger partial charge in [-0.15, -0.1) is 0 Å². The Morgan fingerprint density at radius 3 is 2.59 bits per heavy atom. The minimum absolute atomic E-state index is 0.127. The van der Waals surface area contributed by atoms with Crippen molar-refractivity contribution < 1.29 is 23.5 Å². The quantitative estimate of drug-likeness (QED) is 0.308. The van der Waals surface area contributed by atoms with Gasteiger partial charge < -0.3 is 19.7 Å². The summed E-state index contributed by atoms with van der Waals surface area (Å²) in [5, 5.41) is 2.78. The zero-order valence-electron chi connectivity index (χ0n) is 21.2. The predicted molar refractivity (Wildman–Crippen MR) is 141 cm³/mol. The number of ether oxygens (including phenoxy) is 2. The fourth-order valence-corrected chi connectivity index (χ4v) is 4.21. The van der Waals surface area contributed by atoms with Crippen molar-refractivity contribution in [2.45, 2.75) is 25.8 Å². The van der Waals surface area contributed by atoms with Gasteiger partial charge in [-0.05, 0) is 68.5 Å². The summed E-state index contributed by atoms with van der Waals surface area (Å²) in [5.41, 5.74) is 4.12. The number of halogens is 1. The molecule has 0 bridgehead atoms. The highest BCUT2D eigenvalue weighted by atomic mass is 19.1. The van der Waals surface area contributed by atoms with Gasteiger partial charge in [-0.2, -0.15) is 0 Å². The van der Waals surface area contributed by atoms with Crippen LogP contribution < -0.4 is 10.1 Å². The summed E-state index contributed by atoms with van der Waals surface area (Å²) in [5.74, 6) is -1.23. The molecule has 0 aliphatic carbocycles. The number of esters is 1. The molecule has 1 amide bonds. The van der Waals surface area contributed by atoms with Gasteiger partial charge in [-0.25, -0.2) is 4.39 Å². The summed E-state index contributed by atoms with van der Waals surface area (Å²) in [6, 6.07) is 19.3. The van der Waals surface area contributed by atoms with Gasteiger partial charge in [-0.3, -0.25) is 14.6 Å². The smallest absolute Gasteiger partial charge is 0.309 e. The Hall–Kier alpha value is -4.04. The van der Waals surface area contributed by atoms with Crippen molar-refractivity contribution in [2.75, 3.05) is 32.6 Å². The molecule has 0 aromatic heterocycles. The molecule has 4 rings (SSSR count). The molecule has 1 aliphatic heterocycles. The zero-order chi connectivity index (χ0) is 26.4. The van der Waals surface area contributed by atoms with Crippen LogP contribution in [-0.2, 0) is 20.9 Å². The third kappa shape index (κ3) is 6.59. The molecule has 37 heavy (non-hydrogen) atoms. The van der Waals surface area contributed by atoms with E-state index in [4.69, 9.17) is 14.5 Å². The zero-order valence-corrected chi connectivity index (χ0v) is 21.2. The van der Waals surface area contributed by atoms with Gasteiger partial charge in [0.15, 0.2) is 0 Å². The summed E-state index contributed by atoms with van der Waals surface area (Å²) >= 11 is 0. The van der Waals surface area contributed by atoms with Crippen LogP contribution in [0, 0.1) is 5.82 Å². The largest absolute Gasteiger partial charge is 0.493 e. The SMILES string of the molecule is CCOC(=O)CCOc1cccc(C(=Nc2ccc(CN(C)C)cc2)C2C(=O)Nc3cc(F)ccc32)c1. The summed E-state index contributed by atoms with van der Waals surface area (Å²) in [6.07, 6.45) is 0.127. The molecule has 7 nitrogen and oxygen atoms in total. The third-order valence-corrected chi connectivity index (χ3v) is 5.81. The van der Waals surface area contributed by atoms with Crippen molar-refractivity contribution in [3.8, 4) is 5.75 Å². The number of hydrogen-bond donors (Lipinski definition) is 1. The monoisotopic (exact) mass is 503 g/mol. The molecule has 1 N–H and O–H groups in total. The molecule has 0 spiro atoms. The average molecular weight is 504 g/mol. The van der Waals surface area contributed by atoms with Gasteiger partial charge in [0.2, 0.25) is 5.91 Å². The minimum Gasteiger partial charge on any atom is -0.493 e. The Morgan fingerprint density at radius 1 is 1.08 bits per heavy atom. The molecule has 192 valence electrons. The molecule has 1 atom stereocenters. The van der Waals surface area contributed by atoms with E-state index in [1.807, 2.05) is 50.5 Å². The molecule has 3 aromatic carbocycles. The fourth-order valence-electron chi connectivity index (χ4n) is 4.21. The van der Waals surface area contributed by atoms with Crippen LogP contribution in [0.5, 0.6) is 5.75 Å². The van der Waals surface area contributed by atoms with E-state index < -0.39 is 11.7 Å². The van der Waals surface area contributed by atoms with Gasteiger partial charge >= 0.3 is 5.97 Å². The number of rotatable bonds is 10. The minimum atomic E-state index is -0.730. The van der Waals surface area contributed by atoms with Crippen LogP contribution in [0.4, 0.5) is 15.8 Å². The van der Waals surface area contributed by atoms with Crippen molar-refractivity contribution in [1.29, 1.82) is 0 Å². The van der Waals surface area contributed by atoms with Crippen molar-refractivity contribution >= 4 is 29.0 Å². The van der Waals surface area contributed by atoms with E-state index >= 15 is 0 Å². The summed E-state index contributed by atoms with van der Waals surface area (Å²) in [4.78, 5) is 31.7. The van der Waals surface area contributed by atoms with Crippen LogP contribution in [0.1, 0.15) is 36.0 Å². The normalized spacial score (nSPS) is 14.9. The maximum absolute atomic E-state index is 13.9. The second-order valence-corrected chi connectivity index (χ2v) is 8.99. The number of carbonyl (C=O) groups excluding carboxylic acids is 2. The lowest BCUT2D eigenvalue weighted by atomic mass is 9.90. The highest BCUT2D eigenvalue weighted by molar-refractivity contribution is 6.24. The number of benzene rings is 3. The molecule has 1 heterocycles. The first kappa shape index (κ1) is 26.0. The van der Waals surface area contributed by atoms with Crippen molar-refractivity contribution in [3.63, 3.8) is 0 Å². The highest BCUT2D eigenvalue weighted by Crippen LogP contribution is 2.37. The molecule has 3 aromatic rings. The van der Waals surface area contributed by atoms with Gasteiger partial charge in [-0.1, -0.05) is 30.3 Å². The topological polar surface area (TPSA) is 80.2 Å². The number of carbonyl (C=O) groups is 2. The number of anilines is 1. The van der Waals surface area contributed by atoms with Gasteiger partial charge in [0, 0.05) is 17.8 Å². The lowest BCUT2D eigenvalue weighted by molar-refractivity contribution is -0.143. The second-order valence-electron chi connectivity index (χ2n) is 8.99. The summed E-state index contributed by atoms with van der Waals surface area (Å²) in [6.45, 7) is 3.03. The van der Waals surface area contributed by atoms with Crippen molar-refractivity contribution in [1.82, 2.24) is 4.90 Å². The highest BCUT2D eigenvalue weighted by Gasteiger charge is 2.35. The van der Waals surface area contributed by atoms with E-state index in [0.717, 1.165) is 12.1 Å². The molecular formula is C29H30FN3O4. The lowest BCUT2D eigenvalue weighted by Gasteiger charge is -2.15. The van der Waals surface area contributed by atoms with Gasteiger partial charge in [0.25, 0.3) is 0 Å². The number of amides is 1. The van der Waals surface area contributed by atoms with E-state index in [1.165, 1.54) is 12.1 Å². The molecule has 0 saturated heterocycles. The van der Waals surface area contributed by atoms with E-state index in [-0.39, 0.29) is 24.9 Å². The first-order valence-corrected chi connectivity index (χ1v) is 12.2. The Kier molecular flexibility index (Phi) is 8.30.